The molecule has 0 unspecified atom stereocenters. The minimum atomic E-state index is -0.823. The van der Waals surface area contributed by atoms with Gasteiger partial charge in [-0.15, -0.1) is 0 Å². The van der Waals surface area contributed by atoms with Crippen LogP contribution in [0.5, 0.6) is 5.75 Å². The number of rotatable bonds is 6. The fourth-order valence-electron chi connectivity index (χ4n) is 4.84. The quantitative estimate of drug-likeness (QED) is 0.723. The van der Waals surface area contributed by atoms with Crippen molar-refractivity contribution in [3.8, 4) is 5.75 Å². The molecule has 7 nitrogen and oxygen atoms in total. The van der Waals surface area contributed by atoms with E-state index >= 15 is 0 Å². The minimum Gasteiger partial charge on any atom is -0.497 e. The van der Waals surface area contributed by atoms with Crippen molar-refractivity contribution in [2.75, 3.05) is 44.9 Å². The number of primary amides is 1. The lowest BCUT2D eigenvalue weighted by molar-refractivity contribution is -0.153. The van der Waals surface area contributed by atoms with Crippen LogP contribution in [0, 0.1) is 11.2 Å². The first-order chi connectivity index (χ1) is 15.9. The van der Waals surface area contributed by atoms with Gasteiger partial charge in [-0.25, -0.2) is 4.39 Å². The van der Waals surface area contributed by atoms with E-state index in [-0.39, 0.29) is 18.1 Å². The topological polar surface area (TPSA) is 85.1 Å². The highest BCUT2D eigenvalue weighted by Crippen LogP contribution is 2.38. The Hall–Kier alpha value is -3.13. The van der Waals surface area contributed by atoms with E-state index in [1.54, 1.807) is 30.2 Å². The summed E-state index contributed by atoms with van der Waals surface area (Å²) in [6, 6.07) is 13.3. The van der Waals surface area contributed by atoms with Gasteiger partial charge < -0.3 is 25.0 Å². The fourth-order valence-corrected chi connectivity index (χ4v) is 4.84. The van der Waals surface area contributed by atoms with Crippen molar-refractivity contribution in [1.29, 1.82) is 0 Å². The van der Waals surface area contributed by atoms with Gasteiger partial charge in [-0.1, -0.05) is 18.2 Å². The number of anilines is 1. The number of benzene rings is 2. The number of methoxy groups -OCH3 is 1. The molecule has 4 rings (SSSR count). The molecule has 0 radical (unpaired) electrons. The fraction of sp³-hybridized carbons (Fsp3) is 0.440. The van der Waals surface area contributed by atoms with E-state index in [0.717, 1.165) is 11.4 Å². The summed E-state index contributed by atoms with van der Waals surface area (Å²) in [6.07, 6.45) is 1.22. The van der Waals surface area contributed by atoms with Crippen molar-refractivity contribution < 1.29 is 23.5 Å². The highest BCUT2D eigenvalue weighted by atomic mass is 19.1. The van der Waals surface area contributed by atoms with Crippen LogP contribution in [0.25, 0.3) is 0 Å². The summed E-state index contributed by atoms with van der Waals surface area (Å²) in [7, 11) is 1.61. The smallest absolute Gasteiger partial charge is 0.242 e. The molecule has 0 aromatic heterocycles. The Balaban J connectivity index is 1.58. The molecule has 2 saturated heterocycles. The van der Waals surface area contributed by atoms with Crippen LogP contribution in [-0.2, 0) is 20.7 Å². The van der Waals surface area contributed by atoms with Crippen molar-refractivity contribution >= 4 is 17.5 Å². The molecule has 1 atom stereocenters. The van der Waals surface area contributed by atoms with Gasteiger partial charge in [-0.05, 0) is 55.2 Å². The van der Waals surface area contributed by atoms with E-state index in [2.05, 4.69) is 0 Å². The number of hydrogen-bond donors (Lipinski definition) is 1. The lowest BCUT2D eigenvalue weighted by Gasteiger charge is -2.46. The van der Waals surface area contributed by atoms with Gasteiger partial charge in [0.15, 0.2) is 0 Å². The van der Waals surface area contributed by atoms with Crippen molar-refractivity contribution in [1.82, 2.24) is 4.90 Å². The third-order valence-corrected chi connectivity index (χ3v) is 6.80. The van der Waals surface area contributed by atoms with E-state index in [9.17, 15) is 14.0 Å². The number of nitrogens with zero attached hydrogens (tertiary/aromatic N) is 2. The molecule has 2 N–H and O–H groups in total. The van der Waals surface area contributed by atoms with Crippen molar-refractivity contribution in [2.45, 2.75) is 25.3 Å². The maximum absolute atomic E-state index is 14.5. The zero-order chi connectivity index (χ0) is 23.4. The predicted octanol–water partition coefficient (Wildman–Crippen LogP) is 2.38. The number of halogens is 1. The van der Waals surface area contributed by atoms with Gasteiger partial charge >= 0.3 is 0 Å². The van der Waals surface area contributed by atoms with Crippen LogP contribution in [0.1, 0.15) is 18.4 Å². The van der Waals surface area contributed by atoms with Gasteiger partial charge in [0.25, 0.3) is 0 Å². The summed E-state index contributed by atoms with van der Waals surface area (Å²) >= 11 is 0. The molecular formula is C25H30FN3O4. The van der Waals surface area contributed by atoms with Gasteiger partial charge in [-0.3, -0.25) is 9.59 Å². The van der Waals surface area contributed by atoms with E-state index in [4.69, 9.17) is 15.2 Å². The minimum absolute atomic E-state index is 0.146. The molecule has 0 aliphatic carbocycles. The van der Waals surface area contributed by atoms with Crippen LogP contribution in [-0.4, -0.2) is 62.7 Å². The summed E-state index contributed by atoms with van der Waals surface area (Å²) in [5, 5.41) is 0. The Morgan fingerprint density at radius 3 is 2.45 bits per heavy atom. The molecule has 176 valence electrons. The van der Waals surface area contributed by atoms with Gasteiger partial charge in [0.05, 0.1) is 12.5 Å². The molecule has 2 aliphatic heterocycles. The molecule has 2 fully saturated rings. The Labute approximate surface area is 193 Å². The molecule has 2 heterocycles. The maximum Gasteiger partial charge on any atom is 0.242 e. The monoisotopic (exact) mass is 455 g/mol. The molecule has 0 saturated carbocycles. The lowest BCUT2D eigenvalue weighted by Crippen LogP contribution is -2.63. The van der Waals surface area contributed by atoms with Gasteiger partial charge in [0.2, 0.25) is 11.8 Å². The van der Waals surface area contributed by atoms with Crippen LogP contribution in [0.2, 0.25) is 0 Å². The van der Waals surface area contributed by atoms with Gasteiger partial charge in [0.1, 0.15) is 17.6 Å². The summed E-state index contributed by atoms with van der Waals surface area (Å²) in [5.74, 6) is -0.276. The predicted molar refractivity (Wildman–Crippen MR) is 122 cm³/mol. The average molecular weight is 456 g/mol. The largest absolute Gasteiger partial charge is 0.497 e. The highest BCUT2D eigenvalue weighted by molar-refractivity contribution is 5.90. The average Bonchev–Trinajstić information content (AvgIpc) is 2.85. The van der Waals surface area contributed by atoms with Crippen LogP contribution in [0.3, 0.4) is 0 Å². The number of piperazine rings is 1. The molecule has 2 aliphatic rings. The molecule has 33 heavy (non-hydrogen) atoms. The number of carbonyl (C=O) groups excluding carboxylic acids is 2. The summed E-state index contributed by atoms with van der Waals surface area (Å²) in [4.78, 5) is 30.0. The molecule has 2 aromatic carbocycles. The van der Waals surface area contributed by atoms with Crippen LogP contribution in [0.4, 0.5) is 10.1 Å². The molecule has 0 bridgehead atoms. The third-order valence-electron chi connectivity index (χ3n) is 6.80. The van der Waals surface area contributed by atoms with E-state index in [1.807, 2.05) is 29.2 Å². The zero-order valence-corrected chi connectivity index (χ0v) is 18.8. The maximum atomic E-state index is 14.5. The Bertz CT molecular complexity index is 991. The number of nitrogens with two attached hydrogens (primary N) is 1. The second kappa shape index (κ2) is 9.79. The van der Waals surface area contributed by atoms with Crippen molar-refractivity contribution in [2.24, 2.45) is 11.1 Å². The summed E-state index contributed by atoms with van der Waals surface area (Å²) in [5.41, 5.74) is 6.38. The Morgan fingerprint density at radius 1 is 1.12 bits per heavy atom. The van der Waals surface area contributed by atoms with Crippen molar-refractivity contribution in [3.63, 3.8) is 0 Å². The van der Waals surface area contributed by atoms with Crippen molar-refractivity contribution in [3.05, 3.63) is 59.9 Å². The second-order valence-electron chi connectivity index (χ2n) is 8.72. The van der Waals surface area contributed by atoms with E-state index < -0.39 is 17.4 Å². The molecule has 2 amide bonds. The normalized spacial score (nSPS) is 20.4. The van der Waals surface area contributed by atoms with E-state index in [1.165, 1.54) is 6.07 Å². The number of ether oxygens (including phenoxy) is 2. The first kappa shape index (κ1) is 23.0. The SMILES string of the molecule is COc1ccc(N2CCN(C(=O)C3(Cc4ccccc4F)CCOCC3)[C@@H](C(N)=O)C2)cc1. The standard InChI is InChI=1S/C25H30FN3O4/c1-32-20-8-6-19(7-9-20)28-12-13-29(22(17-28)23(27)30)24(31)25(10-14-33-15-11-25)16-18-4-2-3-5-21(18)26/h2-9,22H,10-17H2,1H3,(H2,27,30)/t22-/m1/s1. The number of carbonyl (C=O) groups is 2. The van der Waals surface area contributed by atoms with Crippen LogP contribution in [0.15, 0.2) is 48.5 Å². The summed E-state index contributed by atoms with van der Waals surface area (Å²) < 4.78 is 25.2. The van der Waals surface area contributed by atoms with E-state index in [0.29, 0.717) is 51.3 Å². The molecule has 0 spiro atoms. The number of amides is 2. The summed E-state index contributed by atoms with van der Waals surface area (Å²) in [6.45, 7) is 2.08. The third kappa shape index (κ3) is 4.80. The van der Waals surface area contributed by atoms with Crippen LogP contribution < -0.4 is 15.4 Å². The molecule has 8 heteroatoms. The second-order valence-corrected chi connectivity index (χ2v) is 8.72. The first-order valence-corrected chi connectivity index (χ1v) is 11.2. The van der Waals surface area contributed by atoms with Crippen LogP contribution >= 0.6 is 0 Å². The Morgan fingerprint density at radius 2 is 1.82 bits per heavy atom. The lowest BCUT2D eigenvalue weighted by atomic mass is 9.73. The Kier molecular flexibility index (Phi) is 6.83. The van der Waals surface area contributed by atoms with Gasteiger partial charge in [-0.2, -0.15) is 0 Å². The van der Waals surface area contributed by atoms with Gasteiger partial charge in [0, 0.05) is 38.5 Å². The first-order valence-electron chi connectivity index (χ1n) is 11.2. The zero-order valence-electron chi connectivity index (χ0n) is 18.8. The molecular weight excluding hydrogens is 425 g/mol. The highest BCUT2D eigenvalue weighted by Gasteiger charge is 2.46. The molecule has 2 aromatic rings. The number of hydrogen-bond acceptors (Lipinski definition) is 5.